The SMILES string of the molecule is Cc1cc(C(F)(F)CCN2C(=O)CC(=O)N(CCC(F)(F)c3ccc(Cl)c(Cl)c3)C2=O)ccc1Cl. The highest BCUT2D eigenvalue weighted by Crippen LogP contribution is 2.37. The molecule has 2 aromatic rings. The van der Waals surface area contributed by atoms with Gasteiger partial charge in [-0.15, -0.1) is 0 Å². The first-order valence-electron chi connectivity index (χ1n) is 10.4. The zero-order valence-corrected chi connectivity index (χ0v) is 20.5. The fourth-order valence-corrected chi connectivity index (χ4v) is 3.92. The molecule has 188 valence electrons. The van der Waals surface area contributed by atoms with Crippen LogP contribution in [-0.4, -0.2) is 40.7 Å². The van der Waals surface area contributed by atoms with Gasteiger partial charge in [-0.1, -0.05) is 46.9 Å². The van der Waals surface area contributed by atoms with Crippen LogP contribution >= 0.6 is 34.8 Å². The number of barbiturate groups is 1. The van der Waals surface area contributed by atoms with Crippen LogP contribution in [-0.2, 0) is 21.4 Å². The number of halogens is 7. The molecule has 0 aliphatic carbocycles. The van der Waals surface area contributed by atoms with Crippen molar-refractivity contribution < 1.29 is 31.9 Å². The van der Waals surface area contributed by atoms with Gasteiger partial charge in [0.05, 0.1) is 10.0 Å². The monoisotopic (exact) mass is 552 g/mol. The van der Waals surface area contributed by atoms with E-state index in [2.05, 4.69) is 0 Å². The van der Waals surface area contributed by atoms with Crippen LogP contribution in [0.15, 0.2) is 36.4 Å². The maximum atomic E-state index is 14.7. The average Bonchev–Trinajstić information content (AvgIpc) is 2.76. The van der Waals surface area contributed by atoms with E-state index in [1.807, 2.05) is 0 Å². The van der Waals surface area contributed by atoms with Crippen molar-refractivity contribution in [2.45, 2.75) is 38.0 Å². The van der Waals surface area contributed by atoms with Gasteiger partial charge in [-0.05, 0) is 36.8 Å². The van der Waals surface area contributed by atoms with Crippen LogP contribution in [0, 0.1) is 6.92 Å². The van der Waals surface area contributed by atoms with Crippen molar-refractivity contribution in [3.63, 3.8) is 0 Å². The van der Waals surface area contributed by atoms with Gasteiger partial charge in [-0.3, -0.25) is 19.4 Å². The Morgan fingerprint density at radius 1 is 0.743 bits per heavy atom. The van der Waals surface area contributed by atoms with Gasteiger partial charge in [0.15, 0.2) is 0 Å². The van der Waals surface area contributed by atoms with Gasteiger partial charge in [0.1, 0.15) is 6.42 Å². The molecule has 1 heterocycles. The van der Waals surface area contributed by atoms with Crippen LogP contribution in [0.1, 0.15) is 36.0 Å². The molecule has 1 saturated heterocycles. The van der Waals surface area contributed by atoms with Crippen molar-refractivity contribution in [2.75, 3.05) is 13.1 Å². The molecule has 0 saturated carbocycles. The predicted octanol–water partition coefficient (Wildman–Crippen LogP) is 6.80. The van der Waals surface area contributed by atoms with E-state index in [1.165, 1.54) is 18.2 Å². The molecule has 0 atom stereocenters. The molecule has 0 unspecified atom stereocenters. The lowest BCUT2D eigenvalue weighted by molar-refractivity contribution is -0.143. The maximum Gasteiger partial charge on any atom is 0.333 e. The lowest BCUT2D eigenvalue weighted by Crippen LogP contribution is -2.56. The number of hydrogen-bond donors (Lipinski definition) is 0. The molecule has 35 heavy (non-hydrogen) atoms. The highest BCUT2D eigenvalue weighted by molar-refractivity contribution is 6.42. The van der Waals surface area contributed by atoms with E-state index in [0.29, 0.717) is 20.4 Å². The van der Waals surface area contributed by atoms with Gasteiger partial charge in [0.2, 0.25) is 11.8 Å². The van der Waals surface area contributed by atoms with Gasteiger partial charge in [0, 0.05) is 42.1 Å². The van der Waals surface area contributed by atoms with Gasteiger partial charge < -0.3 is 0 Å². The molecule has 0 bridgehead atoms. The van der Waals surface area contributed by atoms with Crippen molar-refractivity contribution in [1.29, 1.82) is 0 Å². The number of hydrogen-bond acceptors (Lipinski definition) is 3. The highest BCUT2D eigenvalue weighted by Gasteiger charge is 2.42. The molecular formula is C23H19Cl3F4N2O3. The molecule has 5 nitrogen and oxygen atoms in total. The Morgan fingerprint density at radius 2 is 1.20 bits per heavy atom. The summed E-state index contributed by atoms with van der Waals surface area (Å²) in [7, 11) is 0. The smallest absolute Gasteiger partial charge is 0.274 e. The molecular weight excluding hydrogens is 535 g/mol. The molecule has 0 aromatic heterocycles. The number of imide groups is 2. The summed E-state index contributed by atoms with van der Waals surface area (Å²) in [6.07, 6.45) is -2.69. The zero-order valence-electron chi connectivity index (χ0n) is 18.3. The van der Waals surface area contributed by atoms with Crippen molar-refractivity contribution in [3.8, 4) is 0 Å². The van der Waals surface area contributed by atoms with E-state index in [-0.39, 0.29) is 15.6 Å². The molecule has 0 spiro atoms. The summed E-state index contributed by atoms with van der Waals surface area (Å²) in [5.41, 5.74) is -0.409. The van der Waals surface area contributed by atoms with Gasteiger partial charge in [-0.25, -0.2) is 22.4 Å². The average molecular weight is 554 g/mol. The quantitative estimate of drug-likeness (QED) is 0.267. The number of aryl methyl sites for hydroxylation is 1. The Bertz CT molecular complexity index is 1090. The maximum absolute atomic E-state index is 14.7. The summed E-state index contributed by atoms with van der Waals surface area (Å²) >= 11 is 17.4. The predicted molar refractivity (Wildman–Crippen MR) is 123 cm³/mol. The second-order valence-electron chi connectivity index (χ2n) is 8.05. The molecule has 0 radical (unpaired) electrons. The zero-order chi connectivity index (χ0) is 26.1. The van der Waals surface area contributed by atoms with Crippen molar-refractivity contribution in [2.24, 2.45) is 0 Å². The fourth-order valence-electron chi connectivity index (χ4n) is 3.51. The van der Waals surface area contributed by atoms with Crippen LogP contribution in [0.2, 0.25) is 15.1 Å². The highest BCUT2D eigenvalue weighted by atomic mass is 35.5. The van der Waals surface area contributed by atoms with E-state index in [4.69, 9.17) is 34.8 Å². The van der Waals surface area contributed by atoms with Crippen LogP contribution in [0.3, 0.4) is 0 Å². The minimum Gasteiger partial charge on any atom is -0.274 e. The number of nitrogens with zero attached hydrogens (tertiary/aromatic N) is 2. The number of rotatable bonds is 8. The lowest BCUT2D eigenvalue weighted by Gasteiger charge is -2.34. The topological polar surface area (TPSA) is 57.7 Å². The second-order valence-corrected chi connectivity index (χ2v) is 9.27. The number of amides is 4. The van der Waals surface area contributed by atoms with Gasteiger partial charge in [0.25, 0.3) is 11.8 Å². The van der Waals surface area contributed by atoms with Gasteiger partial charge >= 0.3 is 6.03 Å². The minimum absolute atomic E-state index is 0.0762. The molecule has 12 heteroatoms. The summed E-state index contributed by atoms with van der Waals surface area (Å²) in [4.78, 5) is 38.1. The second kappa shape index (κ2) is 10.3. The molecule has 1 fully saturated rings. The molecule has 2 aromatic carbocycles. The Labute approximate surface area is 213 Å². The van der Waals surface area contributed by atoms with E-state index in [0.717, 1.165) is 18.2 Å². The largest absolute Gasteiger partial charge is 0.333 e. The summed E-state index contributed by atoms with van der Waals surface area (Å²) < 4.78 is 58.8. The molecule has 1 aliphatic rings. The van der Waals surface area contributed by atoms with E-state index >= 15 is 0 Å². The Morgan fingerprint density at radius 3 is 1.66 bits per heavy atom. The Kier molecular flexibility index (Phi) is 8.03. The standard InChI is InChI=1S/C23H19Cl3F4N2O3/c1-13-10-14(2-4-16(13)24)22(27,28)6-8-31-19(33)12-20(34)32(21(31)35)9-7-23(29,30)15-3-5-17(25)18(26)11-15/h2-5,10-11H,6-9,12H2,1H3. The molecule has 4 amide bonds. The number of urea groups is 1. The first-order chi connectivity index (χ1) is 16.2. The van der Waals surface area contributed by atoms with Crippen molar-refractivity contribution >= 4 is 52.6 Å². The first-order valence-corrected chi connectivity index (χ1v) is 11.5. The number of carbonyl (C=O) groups excluding carboxylic acids is 3. The number of carbonyl (C=O) groups is 3. The summed E-state index contributed by atoms with van der Waals surface area (Å²) in [5.74, 6) is -8.86. The number of alkyl halides is 4. The third-order valence-electron chi connectivity index (χ3n) is 5.59. The summed E-state index contributed by atoms with van der Waals surface area (Å²) in [6, 6.07) is 5.64. The van der Waals surface area contributed by atoms with Crippen LogP contribution in [0.5, 0.6) is 0 Å². The van der Waals surface area contributed by atoms with Crippen LogP contribution in [0.25, 0.3) is 0 Å². The molecule has 0 N–H and O–H groups in total. The summed E-state index contributed by atoms with van der Waals surface area (Å²) in [6.45, 7) is 0.109. The van der Waals surface area contributed by atoms with Crippen LogP contribution < -0.4 is 0 Å². The van der Waals surface area contributed by atoms with E-state index < -0.39 is 67.6 Å². The number of benzene rings is 2. The Hall–Kier alpha value is -2.36. The van der Waals surface area contributed by atoms with E-state index in [1.54, 1.807) is 6.92 Å². The van der Waals surface area contributed by atoms with Crippen molar-refractivity contribution in [1.82, 2.24) is 9.80 Å². The van der Waals surface area contributed by atoms with Crippen LogP contribution in [0.4, 0.5) is 22.4 Å². The normalized spacial score (nSPS) is 15.3. The molecule has 3 rings (SSSR count). The molecule has 1 aliphatic heterocycles. The fraction of sp³-hybridized carbons (Fsp3) is 0.348. The third-order valence-corrected chi connectivity index (χ3v) is 6.75. The third kappa shape index (κ3) is 6.08. The minimum atomic E-state index is -3.49. The van der Waals surface area contributed by atoms with Gasteiger partial charge in [-0.2, -0.15) is 0 Å². The van der Waals surface area contributed by atoms with E-state index in [9.17, 15) is 31.9 Å². The lowest BCUT2D eigenvalue weighted by atomic mass is 10.0. The first kappa shape index (κ1) is 27.2. The van der Waals surface area contributed by atoms with Crippen molar-refractivity contribution in [3.05, 3.63) is 68.2 Å². The summed E-state index contributed by atoms with van der Waals surface area (Å²) in [5, 5.41) is 0.285. The Balaban J connectivity index is 1.70.